The summed E-state index contributed by atoms with van der Waals surface area (Å²) in [5, 5.41) is 5.31. The quantitative estimate of drug-likeness (QED) is 0.135. The Morgan fingerprint density at radius 2 is 1.50 bits per heavy atom. The molecule has 2 rings (SSSR count). The molecular formula is C30H38N6O2. The molecule has 0 aliphatic heterocycles. The van der Waals surface area contributed by atoms with E-state index in [0.717, 1.165) is 29.5 Å². The van der Waals surface area contributed by atoms with Gasteiger partial charge in [0, 0.05) is 17.8 Å². The predicted octanol–water partition coefficient (Wildman–Crippen LogP) is 2.90. The van der Waals surface area contributed by atoms with Gasteiger partial charge in [0.15, 0.2) is 0 Å². The van der Waals surface area contributed by atoms with Gasteiger partial charge in [-0.1, -0.05) is 53.8 Å². The van der Waals surface area contributed by atoms with Crippen LogP contribution in [0.25, 0.3) is 0 Å². The second kappa shape index (κ2) is 16.2. The van der Waals surface area contributed by atoms with Crippen molar-refractivity contribution in [1.82, 2.24) is 10.6 Å². The number of carbonyl (C=O) groups excluding carboxylic acids is 2. The average molecular weight is 515 g/mol. The Kier molecular flexibility index (Phi) is 12.6. The number of carbonyl (C=O) groups is 2. The molecule has 10 N–H and O–H groups in total. The maximum Gasteiger partial charge on any atom is 0.229 e. The molecule has 2 amide bonds. The third-order valence-corrected chi connectivity index (χ3v) is 5.43. The molecule has 1 aromatic rings. The van der Waals surface area contributed by atoms with Crippen molar-refractivity contribution in [1.29, 1.82) is 0 Å². The van der Waals surface area contributed by atoms with Crippen LogP contribution in [0, 0.1) is 18.8 Å². The molecular weight excluding hydrogens is 476 g/mol. The number of nitrogens with one attached hydrogen (secondary N) is 2. The van der Waals surface area contributed by atoms with Crippen molar-refractivity contribution in [2.24, 2.45) is 22.9 Å². The minimum atomic E-state index is -0.215. The molecule has 1 aromatic carbocycles. The van der Waals surface area contributed by atoms with Crippen molar-refractivity contribution in [3.8, 4) is 11.8 Å². The highest BCUT2D eigenvalue weighted by Gasteiger charge is 2.05. The Bertz CT molecular complexity index is 1240. The summed E-state index contributed by atoms with van der Waals surface area (Å²) in [5.74, 6) is 5.90. The monoisotopic (exact) mass is 514 g/mol. The SMILES string of the molecule is Cc1cccc(CC(=O)N/C(N)=C/C=C(\N)CCCC/C(N)=C/C=C(\N)NC(=O)CC2=CC#CCC=C2)c1. The molecule has 0 spiro atoms. The molecule has 0 saturated heterocycles. The third kappa shape index (κ3) is 12.9. The van der Waals surface area contributed by atoms with E-state index < -0.39 is 0 Å². The highest BCUT2D eigenvalue weighted by molar-refractivity contribution is 5.81. The molecule has 0 saturated carbocycles. The van der Waals surface area contributed by atoms with E-state index in [0.29, 0.717) is 30.7 Å². The van der Waals surface area contributed by atoms with Gasteiger partial charge in [-0.3, -0.25) is 9.59 Å². The molecule has 38 heavy (non-hydrogen) atoms. The largest absolute Gasteiger partial charge is 0.402 e. The number of unbranched alkanes of at least 4 members (excludes halogenated alkanes) is 1. The Morgan fingerprint density at radius 1 is 0.895 bits per heavy atom. The smallest absolute Gasteiger partial charge is 0.229 e. The number of allylic oxidation sites excluding steroid dienone is 9. The van der Waals surface area contributed by atoms with E-state index in [2.05, 4.69) is 22.5 Å². The molecule has 0 aromatic heterocycles. The lowest BCUT2D eigenvalue weighted by Gasteiger charge is -2.06. The highest BCUT2D eigenvalue weighted by Crippen LogP contribution is 2.09. The van der Waals surface area contributed by atoms with Gasteiger partial charge in [0.2, 0.25) is 11.8 Å². The maximum atomic E-state index is 12.2. The summed E-state index contributed by atoms with van der Waals surface area (Å²) >= 11 is 0. The summed E-state index contributed by atoms with van der Waals surface area (Å²) in [4.78, 5) is 24.3. The molecule has 0 bridgehead atoms. The van der Waals surface area contributed by atoms with Crippen LogP contribution in [-0.2, 0) is 16.0 Å². The van der Waals surface area contributed by atoms with Gasteiger partial charge in [-0.2, -0.15) is 0 Å². The Labute approximate surface area is 225 Å². The van der Waals surface area contributed by atoms with E-state index in [4.69, 9.17) is 22.9 Å². The molecule has 1 aliphatic rings. The van der Waals surface area contributed by atoms with Crippen molar-refractivity contribution in [2.75, 3.05) is 0 Å². The lowest BCUT2D eigenvalue weighted by atomic mass is 10.1. The van der Waals surface area contributed by atoms with E-state index in [1.807, 2.05) is 43.3 Å². The van der Waals surface area contributed by atoms with Crippen LogP contribution in [0.4, 0.5) is 0 Å². The van der Waals surface area contributed by atoms with Crippen molar-refractivity contribution < 1.29 is 9.59 Å². The first-order valence-electron chi connectivity index (χ1n) is 12.5. The molecule has 0 unspecified atom stereocenters. The molecule has 0 atom stereocenters. The van der Waals surface area contributed by atoms with Gasteiger partial charge in [0.05, 0.1) is 12.8 Å². The van der Waals surface area contributed by atoms with E-state index in [-0.39, 0.29) is 36.3 Å². The van der Waals surface area contributed by atoms with Gasteiger partial charge >= 0.3 is 0 Å². The van der Waals surface area contributed by atoms with Crippen molar-refractivity contribution in [3.05, 3.63) is 107 Å². The maximum absolute atomic E-state index is 12.2. The fourth-order valence-electron chi connectivity index (χ4n) is 3.54. The number of rotatable bonds is 13. The standard InChI is InChI=1S/C30H38N6O2/c1-22-9-8-12-24(19-22)21-30(38)36-28(34)18-16-26(32)14-7-6-13-25(31)15-17-27(33)35-29(37)20-23-10-4-2-3-5-11-23/h4,8-12,15-19H,2,6-7,13-14,20-21,31-34H2,1H3,(H,35,37)(H,36,38)/b25-15-,26-16-,27-17+,28-18+. The molecule has 8 nitrogen and oxygen atoms in total. The van der Waals surface area contributed by atoms with Crippen LogP contribution in [0.15, 0.2) is 95.4 Å². The lowest BCUT2D eigenvalue weighted by molar-refractivity contribution is -0.120. The molecule has 0 radical (unpaired) electrons. The summed E-state index contributed by atoms with van der Waals surface area (Å²) in [6.45, 7) is 1.98. The summed E-state index contributed by atoms with van der Waals surface area (Å²) in [5.41, 5.74) is 28.0. The van der Waals surface area contributed by atoms with Crippen LogP contribution < -0.4 is 33.6 Å². The van der Waals surface area contributed by atoms with Crippen molar-refractivity contribution in [2.45, 2.75) is 51.9 Å². The summed E-state index contributed by atoms with van der Waals surface area (Å²) < 4.78 is 0. The zero-order chi connectivity index (χ0) is 27.8. The second-order valence-electron chi connectivity index (χ2n) is 9.02. The van der Waals surface area contributed by atoms with Crippen LogP contribution in [-0.4, -0.2) is 11.8 Å². The second-order valence-corrected chi connectivity index (χ2v) is 9.02. The van der Waals surface area contributed by atoms with Crippen LogP contribution in [0.1, 0.15) is 49.7 Å². The zero-order valence-electron chi connectivity index (χ0n) is 21.9. The topological polar surface area (TPSA) is 162 Å². The first kappa shape index (κ1) is 29.6. The predicted molar refractivity (Wildman–Crippen MR) is 153 cm³/mol. The average Bonchev–Trinajstić information content (AvgIpc) is 3.12. The number of amides is 2. The number of benzene rings is 1. The molecule has 1 aliphatic carbocycles. The van der Waals surface area contributed by atoms with E-state index in [1.54, 1.807) is 30.4 Å². The van der Waals surface area contributed by atoms with Crippen LogP contribution in [0.3, 0.4) is 0 Å². The van der Waals surface area contributed by atoms with Crippen LogP contribution in [0.2, 0.25) is 0 Å². The van der Waals surface area contributed by atoms with Gasteiger partial charge in [-0.05, 0) is 74.1 Å². The van der Waals surface area contributed by atoms with Crippen molar-refractivity contribution in [3.63, 3.8) is 0 Å². The van der Waals surface area contributed by atoms with Crippen LogP contribution >= 0.6 is 0 Å². The summed E-state index contributed by atoms with van der Waals surface area (Å²) in [6, 6.07) is 7.77. The number of hydrogen-bond acceptors (Lipinski definition) is 6. The summed E-state index contributed by atoms with van der Waals surface area (Å²) in [6.07, 6.45) is 16.2. The Morgan fingerprint density at radius 3 is 2.11 bits per heavy atom. The Balaban J connectivity index is 1.68. The van der Waals surface area contributed by atoms with Crippen LogP contribution in [0.5, 0.6) is 0 Å². The van der Waals surface area contributed by atoms with E-state index >= 15 is 0 Å². The van der Waals surface area contributed by atoms with Gasteiger partial charge in [-0.15, -0.1) is 0 Å². The molecule has 0 fully saturated rings. The molecule has 0 heterocycles. The van der Waals surface area contributed by atoms with Crippen molar-refractivity contribution >= 4 is 11.8 Å². The van der Waals surface area contributed by atoms with Gasteiger partial charge in [0.1, 0.15) is 11.6 Å². The first-order valence-corrected chi connectivity index (χ1v) is 12.5. The first-order chi connectivity index (χ1) is 18.2. The highest BCUT2D eigenvalue weighted by atomic mass is 16.2. The van der Waals surface area contributed by atoms with Gasteiger partial charge in [0.25, 0.3) is 0 Å². The van der Waals surface area contributed by atoms with E-state index in [9.17, 15) is 9.59 Å². The number of nitrogens with two attached hydrogens (primary N) is 4. The minimum Gasteiger partial charge on any atom is -0.402 e. The minimum absolute atomic E-state index is 0.183. The normalized spacial score (nSPS) is 14.2. The van der Waals surface area contributed by atoms with E-state index in [1.165, 1.54) is 0 Å². The number of hydrogen-bond donors (Lipinski definition) is 6. The Hall–Kier alpha value is -4.64. The fraction of sp³-hybridized carbons (Fsp3) is 0.267. The number of aryl methyl sites for hydroxylation is 1. The fourth-order valence-corrected chi connectivity index (χ4v) is 3.54. The molecule has 200 valence electrons. The van der Waals surface area contributed by atoms with Gasteiger partial charge < -0.3 is 33.6 Å². The molecule has 8 heteroatoms. The summed E-state index contributed by atoms with van der Waals surface area (Å²) in [7, 11) is 0. The zero-order valence-corrected chi connectivity index (χ0v) is 21.9. The lowest BCUT2D eigenvalue weighted by Crippen LogP contribution is -2.28. The van der Waals surface area contributed by atoms with Gasteiger partial charge in [-0.25, -0.2) is 0 Å². The third-order valence-electron chi connectivity index (χ3n) is 5.43.